The zero-order valence-corrected chi connectivity index (χ0v) is 18.1. The molecule has 2 aliphatic heterocycles. The summed E-state index contributed by atoms with van der Waals surface area (Å²) in [6.45, 7) is 9.87. The monoisotopic (exact) mass is 423 g/mol. The van der Waals surface area contributed by atoms with Gasteiger partial charge in [-0.15, -0.1) is 0 Å². The molecule has 0 saturated carbocycles. The van der Waals surface area contributed by atoms with Crippen LogP contribution in [0, 0.1) is 13.8 Å². The van der Waals surface area contributed by atoms with E-state index in [1.54, 1.807) is 13.8 Å². The normalized spacial score (nSPS) is 20.7. The van der Waals surface area contributed by atoms with Crippen molar-refractivity contribution in [3.05, 3.63) is 28.4 Å². The maximum Gasteiger partial charge on any atom is 0.246 e. The second-order valence-electron chi connectivity index (χ2n) is 7.84. The van der Waals surface area contributed by atoms with Gasteiger partial charge in [0.2, 0.25) is 10.0 Å². The minimum atomic E-state index is -3.66. The number of nitrogens with zero attached hydrogens (tertiary/aromatic N) is 4. The number of sulfonamides is 1. The maximum absolute atomic E-state index is 12.8. The summed E-state index contributed by atoms with van der Waals surface area (Å²) in [6, 6.07) is -0.150. The fourth-order valence-electron chi connectivity index (χ4n) is 4.41. The third-order valence-corrected chi connectivity index (χ3v) is 7.48. The Morgan fingerprint density at radius 3 is 2.86 bits per heavy atom. The molecule has 0 aliphatic carbocycles. The molecule has 2 aromatic rings. The van der Waals surface area contributed by atoms with Crippen molar-refractivity contribution in [1.29, 1.82) is 0 Å². The van der Waals surface area contributed by atoms with Gasteiger partial charge in [0.25, 0.3) is 0 Å². The van der Waals surface area contributed by atoms with Crippen molar-refractivity contribution in [3.8, 4) is 0 Å². The van der Waals surface area contributed by atoms with Crippen LogP contribution in [0.2, 0.25) is 0 Å². The third-order valence-electron chi connectivity index (χ3n) is 5.72. The fraction of sp³-hybridized carbons (Fsp3) is 0.684. The van der Waals surface area contributed by atoms with Crippen molar-refractivity contribution in [1.82, 2.24) is 24.6 Å². The highest BCUT2D eigenvalue weighted by Crippen LogP contribution is 2.24. The number of likely N-dealkylation sites (tertiary alicyclic amines) is 1. The molecular formula is C19H29N5O4S. The molecule has 9 nitrogen and oxygen atoms in total. The second-order valence-corrected chi connectivity index (χ2v) is 9.49. The molecule has 2 aliphatic rings. The van der Waals surface area contributed by atoms with Crippen LogP contribution in [0.25, 0.3) is 0 Å². The van der Waals surface area contributed by atoms with Gasteiger partial charge in [0.05, 0.1) is 18.9 Å². The summed E-state index contributed by atoms with van der Waals surface area (Å²) in [6.07, 6.45) is 2.64. The predicted octanol–water partition coefficient (Wildman–Crippen LogP) is 1.52. The first-order valence-electron chi connectivity index (χ1n) is 10.2. The molecule has 1 N–H and O–H groups in total. The molecule has 0 spiro atoms. The molecule has 0 amide bonds. The van der Waals surface area contributed by atoms with Gasteiger partial charge in [-0.2, -0.15) is 5.10 Å². The van der Waals surface area contributed by atoms with E-state index in [2.05, 4.69) is 26.4 Å². The molecular weight excluding hydrogens is 394 g/mol. The number of hydrogen-bond acceptors (Lipinski definition) is 7. The van der Waals surface area contributed by atoms with Crippen molar-refractivity contribution in [3.63, 3.8) is 0 Å². The standard InChI is InChI=1S/C19H29N5O4S/c1-4-24-18-7-9-27-12-16(18)17(20-24)11-23-8-5-6-15(10-23)22-29(25,26)19-13(2)21-28-14(19)3/h15,22H,4-12H2,1-3H3. The number of aromatic nitrogens is 3. The first kappa shape index (κ1) is 20.5. The zero-order chi connectivity index (χ0) is 20.6. The Kier molecular flexibility index (Phi) is 5.78. The fourth-order valence-corrected chi connectivity index (χ4v) is 6.00. The lowest BCUT2D eigenvalue weighted by molar-refractivity contribution is 0.107. The van der Waals surface area contributed by atoms with Crippen molar-refractivity contribution < 1.29 is 17.7 Å². The molecule has 1 fully saturated rings. The minimum absolute atomic E-state index is 0.150. The zero-order valence-electron chi connectivity index (χ0n) is 17.3. The molecule has 1 atom stereocenters. The topological polar surface area (TPSA) is 102 Å². The van der Waals surface area contributed by atoms with Crippen LogP contribution in [0.3, 0.4) is 0 Å². The van der Waals surface area contributed by atoms with Crippen LogP contribution in [0.1, 0.15) is 48.2 Å². The Balaban J connectivity index is 1.46. The van der Waals surface area contributed by atoms with Crippen LogP contribution in [0.5, 0.6) is 0 Å². The van der Waals surface area contributed by atoms with Gasteiger partial charge < -0.3 is 9.26 Å². The number of hydrogen-bond donors (Lipinski definition) is 1. The van der Waals surface area contributed by atoms with Crippen LogP contribution in [-0.2, 0) is 40.9 Å². The molecule has 160 valence electrons. The van der Waals surface area contributed by atoms with Crippen molar-refractivity contribution in [2.45, 2.75) is 70.7 Å². The quantitative estimate of drug-likeness (QED) is 0.751. The number of aryl methyl sites for hydroxylation is 3. The van der Waals surface area contributed by atoms with Crippen molar-refractivity contribution in [2.75, 3.05) is 19.7 Å². The molecule has 0 radical (unpaired) electrons. The summed E-state index contributed by atoms with van der Waals surface area (Å²) in [4.78, 5) is 2.43. The van der Waals surface area contributed by atoms with E-state index < -0.39 is 10.0 Å². The highest BCUT2D eigenvalue weighted by Gasteiger charge is 2.30. The molecule has 4 heterocycles. The lowest BCUT2D eigenvalue weighted by Crippen LogP contribution is -2.47. The van der Waals surface area contributed by atoms with Gasteiger partial charge in [-0.25, -0.2) is 13.1 Å². The molecule has 2 aromatic heterocycles. The highest BCUT2D eigenvalue weighted by atomic mass is 32.2. The molecule has 0 aromatic carbocycles. The summed E-state index contributed by atoms with van der Waals surface area (Å²) in [7, 11) is -3.66. The van der Waals surface area contributed by atoms with E-state index in [1.165, 1.54) is 11.3 Å². The van der Waals surface area contributed by atoms with Crippen LogP contribution in [-0.4, -0.2) is 54.0 Å². The minimum Gasteiger partial charge on any atom is -0.376 e. The van der Waals surface area contributed by atoms with Gasteiger partial charge in [-0.05, 0) is 40.2 Å². The number of fused-ring (bicyclic) bond motifs is 1. The Bertz CT molecular complexity index is 962. The van der Waals surface area contributed by atoms with Crippen LogP contribution in [0.4, 0.5) is 0 Å². The van der Waals surface area contributed by atoms with Gasteiger partial charge in [0, 0.05) is 43.4 Å². The summed E-state index contributed by atoms with van der Waals surface area (Å²) in [5, 5.41) is 8.57. The van der Waals surface area contributed by atoms with Gasteiger partial charge in [-0.3, -0.25) is 9.58 Å². The molecule has 1 saturated heterocycles. The Hall–Kier alpha value is -1.75. The second kappa shape index (κ2) is 8.17. The van der Waals surface area contributed by atoms with Crippen molar-refractivity contribution in [2.24, 2.45) is 0 Å². The smallest absolute Gasteiger partial charge is 0.246 e. The largest absolute Gasteiger partial charge is 0.376 e. The SMILES string of the molecule is CCn1nc(CN2CCCC(NS(=O)(=O)c3c(C)noc3C)C2)c2c1CCOC2. The van der Waals surface area contributed by atoms with E-state index >= 15 is 0 Å². The highest BCUT2D eigenvalue weighted by molar-refractivity contribution is 7.89. The van der Waals surface area contributed by atoms with E-state index in [4.69, 9.17) is 14.4 Å². The predicted molar refractivity (Wildman–Crippen MR) is 106 cm³/mol. The molecule has 29 heavy (non-hydrogen) atoms. The van der Waals surface area contributed by atoms with E-state index in [0.717, 1.165) is 44.7 Å². The van der Waals surface area contributed by atoms with Crippen LogP contribution >= 0.6 is 0 Å². The summed E-state index contributed by atoms with van der Waals surface area (Å²) < 4.78 is 41.3. The average molecular weight is 424 g/mol. The van der Waals surface area contributed by atoms with Gasteiger partial charge in [-0.1, -0.05) is 5.16 Å². The van der Waals surface area contributed by atoms with E-state index in [9.17, 15) is 8.42 Å². The first-order chi connectivity index (χ1) is 13.9. The third kappa shape index (κ3) is 4.11. The average Bonchev–Trinajstić information content (AvgIpc) is 3.22. The molecule has 0 bridgehead atoms. The number of piperidine rings is 1. The van der Waals surface area contributed by atoms with E-state index in [-0.39, 0.29) is 10.9 Å². The number of rotatable bonds is 6. The van der Waals surface area contributed by atoms with Crippen LogP contribution < -0.4 is 4.72 Å². The van der Waals surface area contributed by atoms with Gasteiger partial charge in [0.1, 0.15) is 10.6 Å². The lowest BCUT2D eigenvalue weighted by atomic mass is 10.0. The summed E-state index contributed by atoms with van der Waals surface area (Å²) >= 11 is 0. The van der Waals surface area contributed by atoms with E-state index in [1.807, 2.05) is 0 Å². The lowest BCUT2D eigenvalue weighted by Gasteiger charge is -2.32. The molecule has 4 rings (SSSR count). The number of nitrogens with one attached hydrogen (secondary N) is 1. The first-order valence-corrected chi connectivity index (χ1v) is 11.7. The Morgan fingerprint density at radius 1 is 1.31 bits per heavy atom. The van der Waals surface area contributed by atoms with Gasteiger partial charge in [0.15, 0.2) is 5.76 Å². The van der Waals surface area contributed by atoms with E-state index in [0.29, 0.717) is 31.2 Å². The Morgan fingerprint density at radius 2 is 2.14 bits per heavy atom. The van der Waals surface area contributed by atoms with Gasteiger partial charge >= 0.3 is 0 Å². The summed E-state index contributed by atoms with van der Waals surface area (Å²) in [5.74, 6) is 0.319. The van der Waals surface area contributed by atoms with Crippen molar-refractivity contribution >= 4 is 10.0 Å². The molecule has 1 unspecified atom stereocenters. The number of ether oxygens (including phenoxy) is 1. The maximum atomic E-state index is 12.8. The molecule has 10 heteroatoms. The van der Waals surface area contributed by atoms with Crippen LogP contribution in [0.15, 0.2) is 9.42 Å². The Labute approximate surface area is 171 Å². The summed E-state index contributed by atoms with van der Waals surface area (Å²) in [5.41, 5.74) is 3.92.